The van der Waals surface area contributed by atoms with Gasteiger partial charge in [-0.1, -0.05) is 30.3 Å². The molecule has 0 spiro atoms. The van der Waals surface area contributed by atoms with Crippen LogP contribution in [0.2, 0.25) is 0 Å². The van der Waals surface area contributed by atoms with Gasteiger partial charge in [0.25, 0.3) is 11.8 Å². The summed E-state index contributed by atoms with van der Waals surface area (Å²) in [4.78, 5) is 27.1. The lowest BCUT2D eigenvalue weighted by molar-refractivity contribution is -0.137. The third-order valence-corrected chi connectivity index (χ3v) is 4.24. The molecule has 0 fully saturated rings. The van der Waals surface area contributed by atoms with E-state index >= 15 is 0 Å². The number of benzene rings is 2. The van der Waals surface area contributed by atoms with E-state index in [-0.39, 0.29) is 36.8 Å². The Morgan fingerprint density at radius 2 is 1.64 bits per heavy atom. The molecule has 0 aromatic heterocycles. The summed E-state index contributed by atoms with van der Waals surface area (Å²) in [6.45, 7) is 4.38. The molecule has 1 aliphatic rings. The van der Waals surface area contributed by atoms with Crippen LogP contribution in [0.5, 0.6) is 5.75 Å². The van der Waals surface area contributed by atoms with Crippen LogP contribution in [0.4, 0.5) is 5.69 Å². The summed E-state index contributed by atoms with van der Waals surface area (Å²) in [6, 6.07) is 16.5. The predicted molar refractivity (Wildman–Crippen MR) is 108 cm³/mol. The number of ether oxygens (including phenoxy) is 2. The maximum absolute atomic E-state index is 13.0. The Balaban J connectivity index is 1.97. The van der Waals surface area contributed by atoms with Crippen molar-refractivity contribution in [2.45, 2.75) is 20.0 Å². The van der Waals surface area contributed by atoms with Crippen LogP contribution in [0.15, 0.2) is 60.3 Å². The van der Waals surface area contributed by atoms with E-state index in [0.717, 1.165) is 5.69 Å². The van der Waals surface area contributed by atoms with E-state index in [9.17, 15) is 9.59 Å². The number of para-hydroxylation sites is 1. The van der Waals surface area contributed by atoms with Crippen molar-refractivity contribution in [1.82, 2.24) is 4.90 Å². The first-order chi connectivity index (χ1) is 13.5. The highest BCUT2D eigenvalue weighted by molar-refractivity contribution is 6.36. The van der Waals surface area contributed by atoms with E-state index in [4.69, 9.17) is 9.47 Å². The predicted octanol–water partition coefficient (Wildman–Crippen LogP) is 3.31. The smallest absolute Gasteiger partial charge is 0.278 e. The molecule has 1 N–H and O–H groups in total. The minimum Gasteiger partial charge on any atom is -0.491 e. The summed E-state index contributed by atoms with van der Waals surface area (Å²) >= 11 is 0. The molecule has 0 saturated carbocycles. The van der Waals surface area contributed by atoms with Gasteiger partial charge in [-0.2, -0.15) is 0 Å². The highest BCUT2D eigenvalue weighted by Gasteiger charge is 2.38. The normalized spacial score (nSPS) is 14.2. The van der Waals surface area contributed by atoms with Crippen LogP contribution < -0.4 is 10.1 Å². The molecule has 0 saturated heterocycles. The third-order valence-electron chi connectivity index (χ3n) is 4.24. The molecule has 3 rings (SSSR count). The van der Waals surface area contributed by atoms with Crippen molar-refractivity contribution in [3.8, 4) is 5.75 Å². The molecular formula is C22H24N2O4. The van der Waals surface area contributed by atoms with E-state index in [0.29, 0.717) is 16.9 Å². The molecule has 1 heterocycles. The van der Waals surface area contributed by atoms with Gasteiger partial charge in [0.1, 0.15) is 11.4 Å². The SMILES string of the molecule is COCCN1C(=O)C(Nc2ccccc2)=C(c2ccc(OC(C)C)cc2)C1=O. The largest absolute Gasteiger partial charge is 0.491 e. The fourth-order valence-corrected chi connectivity index (χ4v) is 2.98. The number of hydrogen-bond acceptors (Lipinski definition) is 5. The fraction of sp³-hybridized carbons (Fsp3) is 0.273. The summed E-state index contributed by atoms with van der Waals surface area (Å²) < 4.78 is 10.7. The molecule has 0 atom stereocenters. The van der Waals surface area contributed by atoms with Gasteiger partial charge in [-0.15, -0.1) is 0 Å². The highest BCUT2D eigenvalue weighted by Crippen LogP contribution is 2.31. The van der Waals surface area contributed by atoms with Crippen molar-refractivity contribution < 1.29 is 19.1 Å². The molecule has 2 amide bonds. The Morgan fingerprint density at radius 3 is 2.25 bits per heavy atom. The van der Waals surface area contributed by atoms with Gasteiger partial charge in [-0.3, -0.25) is 14.5 Å². The van der Waals surface area contributed by atoms with Gasteiger partial charge in [0, 0.05) is 12.8 Å². The molecule has 2 aromatic carbocycles. The van der Waals surface area contributed by atoms with E-state index < -0.39 is 0 Å². The summed E-state index contributed by atoms with van der Waals surface area (Å²) in [7, 11) is 1.54. The lowest BCUT2D eigenvalue weighted by Gasteiger charge is -2.14. The molecule has 0 aliphatic carbocycles. The van der Waals surface area contributed by atoms with Crippen LogP contribution in [-0.2, 0) is 14.3 Å². The lowest BCUT2D eigenvalue weighted by atomic mass is 10.0. The number of methoxy groups -OCH3 is 1. The van der Waals surface area contributed by atoms with E-state index in [1.807, 2.05) is 44.2 Å². The van der Waals surface area contributed by atoms with Crippen molar-refractivity contribution in [1.29, 1.82) is 0 Å². The van der Waals surface area contributed by atoms with Gasteiger partial charge in [-0.05, 0) is 43.7 Å². The summed E-state index contributed by atoms with van der Waals surface area (Å²) in [5, 5.41) is 3.12. The van der Waals surface area contributed by atoms with Crippen molar-refractivity contribution in [3.05, 3.63) is 65.9 Å². The van der Waals surface area contributed by atoms with Crippen molar-refractivity contribution in [2.24, 2.45) is 0 Å². The van der Waals surface area contributed by atoms with Crippen molar-refractivity contribution >= 4 is 23.1 Å². The maximum Gasteiger partial charge on any atom is 0.278 e. The van der Waals surface area contributed by atoms with E-state index in [1.54, 1.807) is 24.3 Å². The molecule has 28 heavy (non-hydrogen) atoms. The number of rotatable bonds is 8. The number of amides is 2. The molecule has 146 valence electrons. The number of nitrogens with one attached hydrogen (secondary N) is 1. The molecule has 0 radical (unpaired) electrons. The van der Waals surface area contributed by atoms with Crippen LogP contribution in [0.25, 0.3) is 5.57 Å². The quantitative estimate of drug-likeness (QED) is 0.712. The summed E-state index contributed by atoms with van der Waals surface area (Å²) in [5.41, 5.74) is 2.02. The second-order valence-electron chi connectivity index (χ2n) is 6.69. The van der Waals surface area contributed by atoms with Crippen LogP contribution in [0.3, 0.4) is 0 Å². The van der Waals surface area contributed by atoms with Gasteiger partial charge in [0.05, 0.1) is 24.8 Å². The monoisotopic (exact) mass is 380 g/mol. The maximum atomic E-state index is 13.0. The topological polar surface area (TPSA) is 67.9 Å². The van der Waals surface area contributed by atoms with Crippen molar-refractivity contribution in [2.75, 3.05) is 25.6 Å². The van der Waals surface area contributed by atoms with E-state index in [1.165, 1.54) is 12.0 Å². The van der Waals surface area contributed by atoms with Crippen LogP contribution in [0, 0.1) is 0 Å². The standard InChI is InChI=1S/C22H24N2O4/c1-15(2)28-18-11-9-16(10-12-18)19-20(23-17-7-5-4-6-8-17)22(26)24(21(19)25)13-14-27-3/h4-12,15,23H,13-14H2,1-3H3. The minimum atomic E-state index is -0.358. The molecule has 6 nitrogen and oxygen atoms in total. The highest BCUT2D eigenvalue weighted by atomic mass is 16.5. The second-order valence-corrected chi connectivity index (χ2v) is 6.69. The zero-order chi connectivity index (χ0) is 20.1. The van der Waals surface area contributed by atoms with Crippen LogP contribution in [-0.4, -0.2) is 43.1 Å². The average Bonchev–Trinajstić information content (AvgIpc) is 2.91. The number of anilines is 1. The zero-order valence-electron chi connectivity index (χ0n) is 16.3. The molecule has 1 aliphatic heterocycles. The first kappa shape index (κ1) is 19.6. The minimum absolute atomic E-state index is 0.0552. The van der Waals surface area contributed by atoms with Crippen LogP contribution in [0.1, 0.15) is 19.4 Å². The molecular weight excluding hydrogens is 356 g/mol. The zero-order valence-corrected chi connectivity index (χ0v) is 16.3. The number of carbonyl (C=O) groups is 2. The Morgan fingerprint density at radius 1 is 0.964 bits per heavy atom. The van der Waals surface area contributed by atoms with Gasteiger partial charge in [0.15, 0.2) is 0 Å². The summed E-state index contributed by atoms with van der Waals surface area (Å²) in [6.07, 6.45) is 0.0552. The number of carbonyl (C=O) groups excluding carboxylic acids is 2. The van der Waals surface area contributed by atoms with E-state index in [2.05, 4.69) is 5.32 Å². The summed E-state index contributed by atoms with van der Waals surface area (Å²) in [5.74, 6) is 0.0198. The third kappa shape index (κ3) is 4.23. The number of hydrogen-bond donors (Lipinski definition) is 1. The Bertz CT molecular complexity index is 873. The number of nitrogens with zero attached hydrogens (tertiary/aromatic N) is 1. The van der Waals surface area contributed by atoms with Gasteiger partial charge < -0.3 is 14.8 Å². The Kier molecular flexibility index (Phi) is 6.11. The van der Waals surface area contributed by atoms with Crippen LogP contribution >= 0.6 is 0 Å². The van der Waals surface area contributed by atoms with Crippen molar-refractivity contribution in [3.63, 3.8) is 0 Å². The van der Waals surface area contributed by atoms with Gasteiger partial charge >= 0.3 is 0 Å². The first-order valence-corrected chi connectivity index (χ1v) is 9.20. The molecule has 0 bridgehead atoms. The first-order valence-electron chi connectivity index (χ1n) is 9.20. The molecule has 0 unspecified atom stereocenters. The second kappa shape index (κ2) is 8.71. The average molecular weight is 380 g/mol. The lowest BCUT2D eigenvalue weighted by Crippen LogP contribution is -2.35. The molecule has 6 heteroatoms. The van der Waals surface area contributed by atoms with Gasteiger partial charge in [0.2, 0.25) is 0 Å². The fourth-order valence-electron chi connectivity index (χ4n) is 2.98. The Labute approximate surface area is 164 Å². The van der Waals surface area contributed by atoms with Gasteiger partial charge in [-0.25, -0.2) is 0 Å². The number of imide groups is 1. The Hall–Kier alpha value is -3.12. The molecule has 2 aromatic rings.